The van der Waals surface area contributed by atoms with Gasteiger partial charge >= 0.3 is 0 Å². The number of fused-ring (bicyclic) bond motifs is 4. The third-order valence-corrected chi connectivity index (χ3v) is 5.18. The van der Waals surface area contributed by atoms with Crippen molar-refractivity contribution in [1.82, 2.24) is 5.32 Å². The molecule has 0 fully saturated rings. The second kappa shape index (κ2) is 4.93. The quantitative estimate of drug-likeness (QED) is 0.802. The number of hydrogen-bond donors (Lipinski definition) is 2. The van der Waals surface area contributed by atoms with Crippen LogP contribution in [0, 0.1) is 0 Å². The number of halogens is 1. The van der Waals surface area contributed by atoms with Crippen molar-refractivity contribution in [2.24, 2.45) is 5.73 Å². The Labute approximate surface area is 143 Å². The summed E-state index contributed by atoms with van der Waals surface area (Å²) >= 11 is 3.57. The molecule has 0 bridgehead atoms. The number of hydrogen-bond acceptors (Lipinski definition) is 4. The highest BCUT2D eigenvalue weighted by Crippen LogP contribution is 2.53. The van der Waals surface area contributed by atoms with Crippen LogP contribution in [-0.4, -0.2) is 13.2 Å². The largest absolute Gasteiger partial charge is 0.497 e. The lowest BCUT2D eigenvalue weighted by Gasteiger charge is -2.39. The molecule has 2 aromatic rings. The Kier molecular flexibility index (Phi) is 3.10. The smallest absolute Gasteiger partial charge is 0.132 e. The van der Waals surface area contributed by atoms with Gasteiger partial charge in [-0.15, -0.1) is 0 Å². The average Bonchev–Trinajstić information content (AvgIpc) is 2.83. The van der Waals surface area contributed by atoms with Gasteiger partial charge in [-0.05, 0) is 49.4 Å². The van der Waals surface area contributed by atoms with Gasteiger partial charge in [-0.1, -0.05) is 15.9 Å². The third kappa shape index (κ3) is 1.96. The Morgan fingerprint density at radius 3 is 2.52 bits per heavy atom. The molecule has 4 rings (SSSR count). The molecule has 0 radical (unpaired) electrons. The van der Waals surface area contributed by atoms with Crippen LogP contribution in [-0.2, 0) is 5.41 Å². The van der Waals surface area contributed by atoms with E-state index in [1.54, 1.807) is 7.11 Å². The molecule has 2 aromatic carbocycles. The van der Waals surface area contributed by atoms with Gasteiger partial charge in [0.15, 0.2) is 0 Å². The summed E-state index contributed by atoms with van der Waals surface area (Å²) in [4.78, 5) is 0. The highest BCUT2D eigenvalue weighted by molar-refractivity contribution is 9.10. The van der Waals surface area contributed by atoms with Crippen molar-refractivity contribution >= 4 is 15.9 Å². The zero-order valence-electron chi connectivity index (χ0n) is 12.9. The summed E-state index contributed by atoms with van der Waals surface area (Å²) in [5, 5.41) is 3.34. The van der Waals surface area contributed by atoms with Crippen LogP contribution in [0.4, 0.5) is 0 Å². The van der Waals surface area contributed by atoms with Gasteiger partial charge in [0.1, 0.15) is 17.2 Å². The van der Waals surface area contributed by atoms with Crippen LogP contribution in [0.15, 0.2) is 52.8 Å². The zero-order chi connectivity index (χ0) is 16.2. The molecular weight excluding hydrogens is 356 g/mol. The monoisotopic (exact) mass is 372 g/mol. The molecule has 0 saturated heterocycles. The molecule has 2 heterocycles. The highest BCUT2D eigenvalue weighted by atomic mass is 79.9. The topological polar surface area (TPSA) is 56.5 Å². The second-order valence-electron chi connectivity index (χ2n) is 5.94. The Morgan fingerprint density at radius 2 is 1.87 bits per heavy atom. The van der Waals surface area contributed by atoms with Crippen LogP contribution in [0.1, 0.15) is 18.1 Å². The summed E-state index contributed by atoms with van der Waals surface area (Å²) in [6.45, 7) is 2.13. The third-order valence-electron chi connectivity index (χ3n) is 4.69. The lowest BCUT2D eigenvalue weighted by atomic mass is 9.69. The maximum Gasteiger partial charge on any atom is 0.132 e. The normalized spacial score (nSPS) is 24.3. The minimum atomic E-state index is -0.384. The van der Waals surface area contributed by atoms with Gasteiger partial charge in [0.25, 0.3) is 0 Å². The van der Waals surface area contributed by atoms with E-state index in [1.807, 2.05) is 30.3 Å². The summed E-state index contributed by atoms with van der Waals surface area (Å²) in [6.07, 6.45) is 2.09. The summed E-state index contributed by atoms with van der Waals surface area (Å²) in [5.41, 5.74) is 7.89. The van der Waals surface area contributed by atoms with Crippen LogP contribution >= 0.6 is 15.9 Å². The van der Waals surface area contributed by atoms with Gasteiger partial charge in [0.05, 0.1) is 18.3 Å². The molecule has 2 aliphatic rings. The Bertz CT molecular complexity index is 834. The SMILES string of the molecule is COc1ccc2c(c1)C1(C=C(N)NC1C)c1cc(Br)ccc1O2. The van der Waals surface area contributed by atoms with Crippen molar-refractivity contribution in [3.05, 3.63) is 63.9 Å². The van der Waals surface area contributed by atoms with Gasteiger partial charge in [0.2, 0.25) is 0 Å². The van der Waals surface area contributed by atoms with E-state index in [4.69, 9.17) is 15.2 Å². The molecule has 23 heavy (non-hydrogen) atoms. The molecule has 0 aliphatic carbocycles. The van der Waals surface area contributed by atoms with Crippen LogP contribution in [0.3, 0.4) is 0 Å². The molecule has 0 saturated carbocycles. The lowest BCUT2D eigenvalue weighted by molar-refractivity contribution is 0.383. The number of methoxy groups -OCH3 is 1. The van der Waals surface area contributed by atoms with E-state index in [9.17, 15) is 0 Å². The first-order valence-corrected chi connectivity index (χ1v) is 8.25. The fourth-order valence-electron chi connectivity index (χ4n) is 3.62. The lowest BCUT2D eigenvalue weighted by Crippen LogP contribution is -2.42. The van der Waals surface area contributed by atoms with Gasteiger partial charge < -0.3 is 20.5 Å². The predicted molar refractivity (Wildman–Crippen MR) is 92.9 cm³/mol. The number of rotatable bonds is 1. The van der Waals surface area contributed by atoms with E-state index in [1.165, 1.54) is 0 Å². The summed E-state index contributed by atoms with van der Waals surface area (Å²) in [7, 11) is 1.67. The molecule has 2 unspecified atom stereocenters. The molecule has 4 nitrogen and oxygen atoms in total. The van der Waals surface area contributed by atoms with Crippen molar-refractivity contribution < 1.29 is 9.47 Å². The molecule has 118 valence electrons. The van der Waals surface area contributed by atoms with E-state index in [2.05, 4.69) is 40.3 Å². The second-order valence-corrected chi connectivity index (χ2v) is 6.86. The molecule has 0 amide bonds. The number of nitrogens with one attached hydrogen (secondary N) is 1. The first-order chi connectivity index (χ1) is 11.0. The molecule has 2 atom stereocenters. The Morgan fingerprint density at radius 1 is 1.17 bits per heavy atom. The van der Waals surface area contributed by atoms with Crippen molar-refractivity contribution in [2.45, 2.75) is 18.4 Å². The first-order valence-electron chi connectivity index (χ1n) is 7.46. The maximum atomic E-state index is 6.13. The van der Waals surface area contributed by atoms with E-state index in [-0.39, 0.29) is 11.5 Å². The molecule has 1 spiro atoms. The van der Waals surface area contributed by atoms with Crippen LogP contribution in [0.25, 0.3) is 0 Å². The average molecular weight is 373 g/mol. The van der Waals surface area contributed by atoms with Crippen molar-refractivity contribution in [3.8, 4) is 17.2 Å². The van der Waals surface area contributed by atoms with Gasteiger partial charge in [-0.2, -0.15) is 0 Å². The predicted octanol–water partition coefficient (Wildman–Crippen LogP) is 3.64. The van der Waals surface area contributed by atoms with E-state index < -0.39 is 0 Å². The summed E-state index contributed by atoms with van der Waals surface area (Å²) < 4.78 is 12.6. The standard InChI is InChI=1S/C18H17BrN2O2/c1-10-18(9-17(20)21-10)13-7-11(19)3-5-15(13)23-16-6-4-12(22-2)8-14(16)18/h3-10,21H,20H2,1-2H3. The van der Waals surface area contributed by atoms with Crippen molar-refractivity contribution in [3.63, 3.8) is 0 Å². The minimum Gasteiger partial charge on any atom is -0.497 e. The molecule has 5 heteroatoms. The van der Waals surface area contributed by atoms with Crippen molar-refractivity contribution in [2.75, 3.05) is 7.11 Å². The Balaban J connectivity index is 2.06. The number of benzene rings is 2. The van der Waals surface area contributed by atoms with E-state index in [0.717, 1.165) is 32.8 Å². The Hall–Kier alpha value is -2.14. The van der Waals surface area contributed by atoms with Crippen molar-refractivity contribution in [1.29, 1.82) is 0 Å². The summed E-state index contributed by atoms with van der Waals surface area (Å²) in [5.74, 6) is 3.17. The maximum absolute atomic E-state index is 6.13. The molecular formula is C18H17BrN2O2. The molecule has 2 aliphatic heterocycles. The molecule has 0 aromatic heterocycles. The first kappa shape index (κ1) is 14.5. The van der Waals surface area contributed by atoms with Crippen LogP contribution < -0.4 is 20.5 Å². The highest BCUT2D eigenvalue weighted by Gasteiger charge is 2.48. The molecule has 3 N–H and O–H groups in total. The fourth-order valence-corrected chi connectivity index (χ4v) is 3.99. The minimum absolute atomic E-state index is 0.102. The summed E-state index contributed by atoms with van der Waals surface area (Å²) in [6, 6.07) is 12.1. The van der Waals surface area contributed by atoms with Crippen LogP contribution in [0.2, 0.25) is 0 Å². The van der Waals surface area contributed by atoms with Crippen LogP contribution in [0.5, 0.6) is 17.2 Å². The van der Waals surface area contributed by atoms with E-state index in [0.29, 0.717) is 5.82 Å². The van der Waals surface area contributed by atoms with E-state index >= 15 is 0 Å². The van der Waals surface area contributed by atoms with Gasteiger partial charge in [-0.3, -0.25) is 0 Å². The van der Waals surface area contributed by atoms with Gasteiger partial charge in [0, 0.05) is 21.6 Å². The zero-order valence-corrected chi connectivity index (χ0v) is 14.5. The number of nitrogens with two attached hydrogens (primary N) is 1. The van der Waals surface area contributed by atoms with Gasteiger partial charge in [-0.25, -0.2) is 0 Å². The fraction of sp³-hybridized carbons (Fsp3) is 0.222. The number of ether oxygens (including phenoxy) is 2.